The molecule has 0 atom stereocenters. The number of carboxylic acids is 1. The average molecular weight is 444 g/mol. The SMILES string of the molecule is CCOc1cc(CNCc2ccc(C(=O)O)cc2)c(Cl)cc1OCc1ccccc1F. The minimum Gasteiger partial charge on any atom is -0.490 e. The van der Waals surface area contributed by atoms with Gasteiger partial charge in [-0.05, 0) is 42.3 Å². The van der Waals surface area contributed by atoms with E-state index in [1.165, 1.54) is 6.07 Å². The van der Waals surface area contributed by atoms with Crippen LogP contribution in [0.1, 0.15) is 34.0 Å². The zero-order valence-corrected chi connectivity index (χ0v) is 17.8. The van der Waals surface area contributed by atoms with Crippen LogP contribution in [0.4, 0.5) is 4.39 Å². The Labute approximate surface area is 185 Å². The molecule has 0 aliphatic rings. The van der Waals surface area contributed by atoms with Crippen molar-refractivity contribution in [3.8, 4) is 11.5 Å². The van der Waals surface area contributed by atoms with Crippen molar-refractivity contribution in [1.29, 1.82) is 0 Å². The molecule has 0 aliphatic carbocycles. The van der Waals surface area contributed by atoms with Crippen molar-refractivity contribution in [2.24, 2.45) is 0 Å². The van der Waals surface area contributed by atoms with Crippen LogP contribution in [-0.2, 0) is 19.7 Å². The molecule has 0 radical (unpaired) electrons. The predicted octanol–water partition coefficient (Wildman–Crippen LogP) is 5.44. The Morgan fingerprint density at radius 3 is 2.39 bits per heavy atom. The van der Waals surface area contributed by atoms with Crippen LogP contribution in [0.5, 0.6) is 11.5 Å². The molecule has 0 bridgehead atoms. The van der Waals surface area contributed by atoms with Gasteiger partial charge >= 0.3 is 5.97 Å². The molecule has 31 heavy (non-hydrogen) atoms. The van der Waals surface area contributed by atoms with Crippen LogP contribution in [-0.4, -0.2) is 17.7 Å². The van der Waals surface area contributed by atoms with Crippen LogP contribution in [0.25, 0.3) is 0 Å². The van der Waals surface area contributed by atoms with Crippen molar-refractivity contribution < 1.29 is 23.8 Å². The Kier molecular flexibility index (Phi) is 7.87. The first-order valence-electron chi connectivity index (χ1n) is 9.82. The number of aromatic carboxylic acids is 1. The highest BCUT2D eigenvalue weighted by Crippen LogP contribution is 2.34. The molecule has 0 spiro atoms. The van der Waals surface area contributed by atoms with Crippen molar-refractivity contribution in [3.63, 3.8) is 0 Å². The molecule has 162 valence electrons. The van der Waals surface area contributed by atoms with Crippen LogP contribution >= 0.6 is 11.6 Å². The number of halogens is 2. The number of hydrogen-bond acceptors (Lipinski definition) is 4. The van der Waals surface area contributed by atoms with Crippen molar-refractivity contribution in [2.75, 3.05) is 6.61 Å². The molecule has 0 saturated heterocycles. The molecule has 3 rings (SSSR count). The van der Waals surface area contributed by atoms with Crippen LogP contribution in [0, 0.1) is 5.82 Å². The summed E-state index contributed by atoms with van der Waals surface area (Å²) in [7, 11) is 0. The Morgan fingerprint density at radius 2 is 1.71 bits per heavy atom. The fraction of sp³-hybridized carbons (Fsp3) is 0.208. The van der Waals surface area contributed by atoms with E-state index >= 15 is 0 Å². The Morgan fingerprint density at radius 1 is 1.00 bits per heavy atom. The second-order valence-electron chi connectivity index (χ2n) is 6.81. The fourth-order valence-electron chi connectivity index (χ4n) is 2.97. The van der Waals surface area contributed by atoms with Crippen molar-refractivity contribution in [2.45, 2.75) is 26.6 Å². The van der Waals surface area contributed by atoms with E-state index in [9.17, 15) is 9.18 Å². The Bertz CT molecular complexity index is 1040. The molecule has 7 heteroatoms. The standard InChI is InChI=1S/C24H23ClFNO4/c1-2-30-22-11-19(14-27-13-16-7-9-17(10-8-16)24(28)29)20(25)12-23(22)31-15-18-5-3-4-6-21(18)26/h3-12,27H,2,13-15H2,1H3,(H,28,29). The topological polar surface area (TPSA) is 67.8 Å². The first-order chi connectivity index (χ1) is 15.0. The lowest BCUT2D eigenvalue weighted by Crippen LogP contribution is -2.13. The zero-order chi connectivity index (χ0) is 22.2. The summed E-state index contributed by atoms with van der Waals surface area (Å²) in [5.41, 5.74) is 2.47. The van der Waals surface area contributed by atoms with E-state index in [0.29, 0.717) is 41.8 Å². The van der Waals surface area contributed by atoms with Gasteiger partial charge in [0.25, 0.3) is 0 Å². The van der Waals surface area contributed by atoms with Crippen LogP contribution in [0.15, 0.2) is 60.7 Å². The number of rotatable bonds is 10. The Hall–Kier alpha value is -3.09. The number of nitrogens with one attached hydrogen (secondary N) is 1. The first-order valence-corrected chi connectivity index (χ1v) is 10.2. The zero-order valence-electron chi connectivity index (χ0n) is 17.0. The predicted molar refractivity (Wildman–Crippen MR) is 117 cm³/mol. The van der Waals surface area contributed by atoms with Gasteiger partial charge in [-0.1, -0.05) is 41.9 Å². The van der Waals surface area contributed by atoms with Gasteiger partial charge in [0.15, 0.2) is 11.5 Å². The van der Waals surface area contributed by atoms with E-state index in [1.54, 1.807) is 48.5 Å². The largest absolute Gasteiger partial charge is 0.490 e. The van der Waals surface area contributed by atoms with Crippen molar-refractivity contribution in [3.05, 3.63) is 93.8 Å². The van der Waals surface area contributed by atoms with E-state index in [4.69, 9.17) is 26.2 Å². The maximum atomic E-state index is 13.9. The van der Waals surface area contributed by atoms with Crippen LogP contribution in [0.3, 0.4) is 0 Å². The van der Waals surface area contributed by atoms with Crippen LogP contribution < -0.4 is 14.8 Å². The summed E-state index contributed by atoms with van der Waals surface area (Å²) in [6.07, 6.45) is 0. The van der Waals surface area contributed by atoms with Gasteiger partial charge in [0.1, 0.15) is 12.4 Å². The molecule has 3 aromatic carbocycles. The second-order valence-corrected chi connectivity index (χ2v) is 7.22. The van der Waals surface area contributed by atoms with Gasteiger partial charge in [-0.3, -0.25) is 0 Å². The summed E-state index contributed by atoms with van der Waals surface area (Å²) in [6.45, 7) is 3.40. The highest BCUT2D eigenvalue weighted by Gasteiger charge is 2.12. The smallest absolute Gasteiger partial charge is 0.335 e. The molecule has 2 N–H and O–H groups in total. The lowest BCUT2D eigenvalue weighted by molar-refractivity contribution is 0.0697. The second kappa shape index (κ2) is 10.8. The van der Waals surface area contributed by atoms with Crippen molar-refractivity contribution in [1.82, 2.24) is 5.32 Å². The minimum absolute atomic E-state index is 0.0625. The van der Waals surface area contributed by atoms with Gasteiger partial charge in [0.05, 0.1) is 12.2 Å². The summed E-state index contributed by atoms with van der Waals surface area (Å²) in [5.74, 6) is -0.301. The number of carboxylic acid groups (broad SMARTS) is 1. The number of ether oxygens (including phenoxy) is 2. The maximum Gasteiger partial charge on any atom is 0.335 e. The van der Waals surface area contributed by atoms with Gasteiger partial charge in [-0.25, -0.2) is 9.18 Å². The molecule has 0 fully saturated rings. The highest BCUT2D eigenvalue weighted by molar-refractivity contribution is 6.31. The fourth-order valence-corrected chi connectivity index (χ4v) is 3.19. The van der Waals surface area contributed by atoms with Gasteiger partial charge in [-0.15, -0.1) is 0 Å². The van der Waals surface area contributed by atoms with Gasteiger partial charge in [0, 0.05) is 29.7 Å². The highest BCUT2D eigenvalue weighted by atomic mass is 35.5. The number of carbonyl (C=O) groups is 1. The monoisotopic (exact) mass is 443 g/mol. The van der Waals surface area contributed by atoms with E-state index in [-0.39, 0.29) is 18.0 Å². The van der Waals surface area contributed by atoms with E-state index in [1.807, 2.05) is 13.0 Å². The third-order valence-corrected chi connectivity index (χ3v) is 4.95. The molecule has 0 aliphatic heterocycles. The number of benzene rings is 3. The molecular formula is C24H23ClFNO4. The summed E-state index contributed by atoms with van der Waals surface area (Å²) in [5, 5.41) is 12.8. The van der Waals surface area contributed by atoms with E-state index in [2.05, 4.69) is 5.32 Å². The molecule has 0 heterocycles. The molecule has 0 saturated carbocycles. The van der Waals surface area contributed by atoms with Gasteiger partial charge in [-0.2, -0.15) is 0 Å². The lowest BCUT2D eigenvalue weighted by Gasteiger charge is -2.15. The average Bonchev–Trinajstić information content (AvgIpc) is 2.76. The maximum absolute atomic E-state index is 13.9. The third kappa shape index (κ3) is 6.20. The van der Waals surface area contributed by atoms with Crippen LogP contribution in [0.2, 0.25) is 5.02 Å². The summed E-state index contributed by atoms with van der Waals surface area (Å²) < 4.78 is 25.3. The minimum atomic E-state index is -0.952. The van der Waals surface area contributed by atoms with Gasteiger partial charge < -0.3 is 19.9 Å². The molecule has 0 amide bonds. The molecule has 0 unspecified atom stereocenters. The molecular weight excluding hydrogens is 421 g/mol. The van der Waals surface area contributed by atoms with E-state index in [0.717, 1.165) is 11.1 Å². The quantitative estimate of drug-likeness (QED) is 0.436. The molecule has 0 aromatic heterocycles. The summed E-state index contributed by atoms with van der Waals surface area (Å²) in [4.78, 5) is 10.9. The molecule has 5 nitrogen and oxygen atoms in total. The van der Waals surface area contributed by atoms with E-state index < -0.39 is 5.97 Å². The van der Waals surface area contributed by atoms with Gasteiger partial charge in [0.2, 0.25) is 0 Å². The normalized spacial score (nSPS) is 10.7. The number of hydrogen-bond donors (Lipinski definition) is 2. The summed E-state index contributed by atoms with van der Waals surface area (Å²) >= 11 is 6.44. The summed E-state index contributed by atoms with van der Waals surface area (Å²) in [6, 6.07) is 16.6. The first kappa shape index (κ1) is 22.6. The Balaban J connectivity index is 1.66. The van der Waals surface area contributed by atoms with Crippen molar-refractivity contribution >= 4 is 17.6 Å². The third-order valence-electron chi connectivity index (χ3n) is 4.60. The lowest BCUT2D eigenvalue weighted by atomic mass is 10.1. The molecule has 3 aromatic rings.